The van der Waals surface area contributed by atoms with Crippen LogP contribution in [-0.4, -0.2) is 37.7 Å². The molecule has 9 heteroatoms. The van der Waals surface area contributed by atoms with E-state index in [1.165, 1.54) is 13.3 Å². The number of ether oxygens (including phenoxy) is 3. The number of hydrogen-bond donors (Lipinski definition) is 2. The monoisotopic (exact) mass is 489 g/mol. The first-order valence-electron chi connectivity index (χ1n) is 11.2. The molecule has 36 heavy (non-hydrogen) atoms. The smallest absolute Gasteiger partial charge is 0.343 e. The third-order valence-corrected chi connectivity index (χ3v) is 4.93. The number of carbonyl (C=O) groups excluding carboxylic acids is 3. The third kappa shape index (κ3) is 7.17. The molecule has 0 spiro atoms. The predicted octanol–water partition coefficient (Wildman–Crippen LogP) is 4.10. The molecule has 0 saturated heterocycles. The lowest BCUT2D eigenvalue weighted by Crippen LogP contribution is -2.32. The Morgan fingerprint density at radius 2 is 1.69 bits per heavy atom. The second kappa shape index (κ2) is 12.7. The zero-order valence-corrected chi connectivity index (χ0v) is 20.2. The van der Waals surface area contributed by atoms with Crippen molar-refractivity contribution in [3.63, 3.8) is 0 Å². The van der Waals surface area contributed by atoms with Crippen LogP contribution in [0.4, 0.5) is 5.69 Å². The van der Waals surface area contributed by atoms with Gasteiger partial charge in [0.1, 0.15) is 5.75 Å². The molecule has 0 bridgehead atoms. The summed E-state index contributed by atoms with van der Waals surface area (Å²) in [5.41, 5.74) is 4.45. The number of hydrazone groups is 1. The van der Waals surface area contributed by atoms with Crippen LogP contribution in [0.5, 0.6) is 17.2 Å². The molecule has 0 radical (unpaired) electrons. The number of nitrogens with one attached hydrogen (secondary N) is 2. The second-order valence-corrected chi connectivity index (χ2v) is 7.64. The van der Waals surface area contributed by atoms with Crippen LogP contribution in [0.1, 0.15) is 34.8 Å². The number of nitrogens with zero attached hydrogens (tertiary/aromatic N) is 1. The van der Waals surface area contributed by atoms with Gasteiger partial charge in [0.2, 0.25) is 0 Å². The van der Waals surface area contributed by atoms with Crippen LogP contribution in [0.3, 0.4) is 0 Å². The highest BCUT2D eigenvalue weighted by molar-refractivity contribution is 6.39. The first-order chi connectivity index (χ1) is 17.4. The van der Waals surface area contributed by atoms with Gasteiger partial charge >= 0.3 is 17.8 Å². The summed E-state index contributed by atoms with van der Waals surface area (Å²) >= 11 is 0. The van der Waals surface area contributed by atoms with Crippen molar-refractivity contribution >= 4 is 29.7 Å². The Balaban J connectivity index is 1.58. The highest BCUT2D eigenvalue weighted by atomic mass is 16.6. The van der Waals surface area contributed by atoms with Gasteiger partial charge in [-0.25, -0.2) is 10.2 Å². The molecule has 0 unspecified atom stereocenters. The van der Waals surface area contributed by atoms with Gasteiger partial charge in [-0.2, -0.15) is 5.10 Å². The number of aryl methyl sites for hydroxylation is 1. The van der Waals surface area contributed by atoms with Crippen LogP contribution in [0.25, 0.3) is 0 Å². The Labute approximate surface area is 209 Å². The lowest BCUT2D eigenvalue weighted by Gasteiger charge is -2.10. The molecule has 0 aliphatic rings. The molecule has 3 aromatic rings. The van der Waals surface area contributed by atoms with E-state index >= 15 is 0 Å². The molecular formula is C27H27N3O6. The fraction of sp³-hybridized carbons (Fsp3) is 0.185. The first kappa shape index (κ1) is 26.0. The minimum absolute atomic E-state index is 0.215. The summed E-state index contributed by atoms with van der Waals surface area (Å²) in [7, 11) is 1.44. The van der Waals surface area contributed by atoms with Crippen molar-refractivity contribution in [3.05, 3.63) is 83.4 Å². The summed E-state index contributed by atoms with van der Waals surface area (Å²) < 4.78 is 16.3. The van der Waals surface area contributed by atoms with E-state index in [2.05, 4.69) is 15.8 Å². The summed E-state index contributed by atoms with van der Waals surface area (Å²) in [6, 6.07) is 18.5. The van der Waals surface area contributed by atoms with Crippen LogP contribution in [-0.2, 0) is 9.59 Å². The van der Waals surface area contributed by atoms with E-state index in [0.29, 0.717) is 34.9 Å². The Bertz CT molecular complexity index is 1250. The molecule has 3 rings (SSSR count). The van der Waals surface area contributed by atoms with E-state index in [-0.39, 0.29) is 5.75 Å². The highest BCUT2D eigenvalue weighted by Crippen LogP contribution is 2.28. The maximum absolute atomic E-state index is 12.5. The van der Waals surface area contributed by atoms with Crippen molar-refractivity contribution in [2.24, 2.45) is 5.10 Å². The standard InChI is InChI=1S/C27H27N3O6/c1-4-15-35-21-12-10-20(11-13-21)27(33)36-23-14-9-19(16-24(23)34-3)17-28-30-26(32)25(31)29-22-8-6-5-7-18(22)2/h5-14,16-17H,4,15H2,1-3H3,(H,29,31)(H,30,32). The number of carbonyl (C=O) groups is 3. The van der Waals surface area contributed by atoms with E-state index in [1.807, 2.05) is 26.0 Å². The number of para-hydroxylation sites is 1. The van der Waals surface area contributed by atoms with Crippen LogP contribution < -0.4 is 25.0 Å². The predicted molar refractivity (Wildman–Crippen MR) is 136 cm³/mol. The van der Waals surface area contributed by atoms with Crippen molar-refractivity contribution in [2.45, 2.75) is 20.3 Å². The van der Waals surface area contributed by atoms with E-state index < -0.39 is 17.8 Å². The third-order valence-electron chi connectivity index (χ3n) is 4.93. The minimum Gasteiger partial charge on any atom is -0.494 e. The molecule has 0 atom stereocenters. The largest absolute Gasteiger partial charge is 0.494 e. The van der Waals surface area contributed by atoms with Crippen LogP contribution in [0, 0.1) is 6.92 Å². The molecule has 0 aliphatic heterocycles. The number of esters is 1. The molecule has 2 N–H and O–H groups in total. The fourth-order valence-electron chi connectivity index (χ4n) is 3.02. The molecular weight excluding hydrogens is 462 g/mol. The zero-order chi connectivity index (χ0) is 25.9. The molecule has 3 aromatic carbocycles. The molecule has 0 fully saturated rings. The Morgan fingerprint density at radius 3 is 2.39 bits per heavy atom. The summed E-state index contributed by atoms with van der Waals surface area (Å²) in [6.45, 7) is 4.43. The van der Waals surface area contributed by atoms with Crippen molar-refractivity contribution in [1.29, 1.82) is 0 Å². The van der Waals surface area contributed by atoms with Crippen LogP contribution in [0.2, 0.25) is 0 Å². The van der Waals surface area contributed by atoms with Gasteiger partial charge in [0.25, 0.3) is 0 Å². The first-order valence-corrected chi connectivity index (χ1v) is 11.2. The van der Waals surface area contributed by atoms with Gasteiger partial charge in [-0.15, -0.1) is 0 Å². The maximum atomic E-state index is 12.5. The number of benzene rings is 3. The molecule has 0 aliphatic carbocycles. The molecule has 0 aromatic heterocycles. The topological polar surface area (TPSA) is 115 Å². The zero-order valence-electron chi connectivity index (χ0n) is 20.2. The van der Waals surface area contributed by atoms with Gasteiger partial charge in [0, 0.05) is 5.69 Å². The number of hydrogen-bond acceptors (Lipinski definition) is 7. The van der Waals surface area contributed by atoms with Gasteiger partial charge in [-0.05, 0) is 73.0 Å². The average Bonchev–Trinajstić information content (AvgIpc) is 2.89. The van der Waals surface area contributed by atoms with E-state index in [0.717, 1.165) is 12.0 Å². The van der Waals surface area contributed by atoms with Crippen LogP contribution in [0.15, 0.2) is 71.8 Å². The highest BCUT2D eigenvalue weighted by Gasteiger charge is 2.15. The average molecular weight is 490 g/mol. The van der Waals surface area contributed by atoms with Crippen molar-refractivity contribution < 1.29 is 28.6 Å². The number of anilines is 1. The Hall–Kier alpha value is -4.66. The van der Waals surface area contributed by atoms with Crippen LogP contribution >= 0.6 is 0 Å². The quantitative estimate of drug-likeness (QED) is 0.154. The van der Waals surface area contributed by atoms with Gasteiger partial charge < -0.3 is 19.5 Å². The minimum atomic E-state index is -0.918. The number of amides is 2. The Kier molecular flexibility index (Phi) is 9.16. The van der Waals surface area contributed by atoms with E-state index in [4.69, 9.17) is 14.2 Å². The number of rotatable bonds is 9. The van der Waals surface area contributed by atoms with E-state index in [9.17, 15) is 14.4 Å². The van der Waals surface area contributed by atoms with Gasteiger partial charge in [-0.3, -0.25) is 9.59 Å². The molecule has 2 amide bonds. The molecule has 0 heterocycles. The van der Waals surface area contributed by atoms with Gasteiger partial charge in [0.15, 0.2) is 11.5 Å². The normalized spacial score (nSPS) is 10.5. The lowest BCUT2D eigenvalue weighted by atomic mass is 10.2. The Morgan fingerprint density at radius 1 is 0.944 bits per heavy atom. The SMILES string of the molecule is CCCOc1ccc(C(=O)Oc2ccc(C=NNC(=O)C(=O)Nc3ccccc3C)cc2OC)cc1. The summed E-state index contributed by atoms with van der Waals surface area (Å²) in [4.78, 5) is 36.6. The van der Waals surface area contributed by atoms with Gasteiger partial charge in [-0.1, -0.05) is 25.1 Å². The second-order valence-electron chi connectivity index (χ2n) is 7.64. The summed E-state index contributed by atoms with van der Waals surface area (Å²) in [5, 5.41) is 6.34. The summed E-state index contributed by atoms with van der Waals surface area (Å²) in [5.74, 6) is -1.13. The van der Waals surface area contributed by atoms with Gasteiger partial charge in [0.05, 0.1) is 25.5 Å². The molecule has 186 valence electrons. The fourth-order valence-corrected chi connectivity index (χ4v) is 3.02. The molecule has 0 saturated carbocycles. The van der Waals surface area contributed by atoms with Crippen molar-refractivity contribution in [3.8, 4) is 17.2 Å². The number of methoxy groups -OCH3 is 1. The van der Waals surface area contributed by atoms with Crippen molar-refractivity contribution in [2.75, 3.05) is 19.0 Å². The lowest BCUT2D eigenvalue weighted by molar-refractivity contribution is -0.136. The van der Waals surface area contributed by atoms with Crippen molar-refractivity contribution in [1.82, 2.24) is 5.43 Å². The maximum Gasteiger partial charge on any atom is 0.343 e. The van der Waals surface area contributed by atoms with E-state index in [1.54, 1.807) is 54.6 Å². The summed E-state index contributed by atoms with van der Waals surface area (Å²) in [6.07, 6.45) is 2.22. The molecule has 9 nitrogen and oxygen atoms in total.